The molecule has 0 radical (unpaired) electrons. The molecule has 2 rings (SSSR count). The molecule has 0 saturated carbocycles. The largest absolute Gasteiger partial charge is 0.384 e. The third-order valence-corrected chi connectivity index (χ3v) is 2.94. The van der Waals surface area contributed by atoms with Crippen LogP contribution in [0.3, 0.4) is 0 Å². The van der Waals surface area contributed by atoms with E-state index in [1.807, 2.05) is 6.07 Å². The molecule has 2 aromatic rings. The summed E-state index contributed by atoms with van der Waals surface area (Å²) < 4.78 is 0. The first-order valence-corrected chi connectivity index (χ1v) is 6.12. The average Bonchev–Trinajstić information content (AvgIpc) is 2.40. The SMILES string of the molecule is CC(CCNc1cc(N)ncn1)c1ccccc1. The van der Waals surface area contributed by atoms with Crippen LogP contribution in [0.15, 0.2) is 42.7 Å². The number of aromatic nitrogens is 2. The van der Waals surface area contributed by atoms with E-state index in [-0.39, 0.29) is 0 Å². The van der Waals surface area contributed by atoms with E-state index in [0.29, 0.717) is 11.7 Å². The Morgan fingerprint density at radius 3 is 2.72 bits per heavy atom. The summed E-state index contributed by atoms with van der Waals surface area (Å²) >= 11 is 0. The Morgan fingerprint density at radius 2 is 2.00 bits per heavy atom. The van der Waals surface area contributed by atoms with E-state index in [4.69, 9.17) is 5.73 Å². The summed E-state index contributed by atoms with van der Waals surface area (Å²) in [4.78, 5) is 7.96. The molecule has 0 saturated heterocycles. The van der Waals surface area contributed by atoms with E-state index in [9.17, 15) is 0 Å². The van der Waals surface area contributed by atoms with Crippen LogP contribution in [0.4, 0.5) is 11.6 Å². The summed E-state index contributed by atoms with van der Waals surface area (Å²) in [5.41, 5.74) is 6.95. The van der Waals surface area contributed by atoms with Gasteiger partial charge in [-0.2, -0.15) is 0 Å². The second-order valence-corrected chi connectivity index (χ2v) is 4.36. The molecule has 1 unspecified atom stereocenters. The van der Waals surface area contributed by atoms with Crippen molar-refractivity contribution in [2.75, 3.05) is 17.6 Å². The van der Waals surface area contributed by atoms with Gasteiger partial charge in [0, 0.05) is 12.6 Å². The minimum Gasteiger partial charge on any atom is -0.384 e. The van der Waals surface area contributed by atoms with Crippen molar-refractivity contribution in [3.05, 3.63) is 48.3 Å². The smallest absolute Gasteiger partial charge is 0.131 e. The van der Waals surface area contributed by atoms with Crippen LogP contribution >= 0.6 is 0 Å². The number of benzene rings is 1. The standard InChI is InChI=1S/C14H18N4/c1-11(12-5-3-2-4-6-12)7-8-16-14-9-13(15)17-10-18-14/h2-6,9-11H,7-8H2,1H3,(H3,15,16,17,18). The van der Waals surface area contributed by atoms with Gasteiger partial charge in [0.1, 0.15) is 18.0 Å². The molecule has 1 heterocycles. The van der Waals surface area contributed by atoms with Crippen molar-refractivity contribution >= 4 is 11.6 Å². The van der Waals surface area contributed by atoms with Crippen molar-refractivity contribution in [1.29, 1.82) is 0 Å². The maximum atomic E-state index is 5.59. The highest BCUT2D eigenvalue weighted by Gasteiger charge is 2.04. The van der Waals surface area contributed by atoms with Crippen molar-refractivity contribution in [2.45, 2.75) is 19.3 Å². The average molecular weight is 242 g/mol. The third kappa shape index (κ3) is 3.45. The predicted octanol–water partition coefficient (Wildman–Crippen LogP) is 2.66. The summed E-state index contributed by atoms with van der Waals surface area (Å²) in [5.74, 6) is 1.80. The number of rotatable bonds is 5. The van der Waals surface area contributed by atoms with Crippen LogP contribution in [0, 0.1) is 0 Å². The summed E-state index contributed by atoms with van der Waals surface area (Å²) in [6, 6.07) is 12.3. The van der Waals surface area contributed by atoms with Gasteiger partial charge in [0.2, 0.25) is 0 Å². The molecular weight excluding hydrogens is 224 g/mol. The van der Waals surface area contributed by atoms with Crippen LogP contribution in [-0.4, -0.2) is 16.5 Å². The van der Waals surface area contributed by atoms with Crippen molar-refractivity contribution in [1.82, 2.24) is 9.97 Å². The summed E-state index contributed by atoms with van der Waals surface area (Å²) in [5, 5.41) is 3.26. The summed E-state index contributed by atoms with van der Waals surface area (Å²) in [7, 11) is 0. The summed E-state index contributed by atoms with van der Waals surface area (Å²) in [6.45, 7) is 3.10. The van der Waals surface area contributed by atoms with E-state index in [2.05, 4.69) is 46.5 Å². The zero-order valence-electron chi connectivity index (χ0n) is 10.5. The second kappa shape index (κ2) is 6.00. The molecule has 4 heteroatoms. The first-order valence-electron chi connectivity index (χ1n) is 6.12. The molecule has 0 aliphatic carbocycles. The summed E-state index contributed by atoms with van der Waals surface area (Å²) in [6.07, 6.45) is 2.52. The molecule has 94 valence electrons. The zero-order valence-corrected chi connectivity index (χ0v) is 10.5. The molecular formula is C14H18N4. The van der Waals surface area contributed by atoms with Crippen LogP contribution in [0.25, 0.3) is 0 Å². The minimum atomic E-state index is 0.489. The number of nitrogens with zero attached hydrogens (tertiary/aromatic N) is 2. The molecule has 18 heavy (non-hydrogen) atoms. The quantitative estimate of drug-likeness (QED) is 0.846. The first-order chi connectivity index (χ1) is 8.75. The maximum absolute atomic E-state index is 5.59. The van der Waals surface area contributed by atoms with Gasteiger partial charge >= 0.3 is 0 Å². The van der Waals surface area contributed by atoms with E-state index in [0.717, 1.165) is 18.8 Å². The molecule has 3 N–H and O–H groups in total. The van der Waals surface area contributed by atoms with Crippen LogP contribution in [0.1, 0.15) is 24.8 Å². The topological polar surface area (TPSA) is 63.8 Å². The van der Waals surface area contributed by atoms with Gasteiger partial charge < -0.3 is 11.1 Å². The lowest BCUT2D eigenvalue weighted by atomic mass is 9.98. The Balaban J connectivity index is 1.82. The molecule has 1 aromatic carbocycles. The zero-order chi connectivity index (χ0) is 12.8. The van der Waals surface area contributed by atoms with Crippen molar-refractivity contribution in [2.24, 2.45) is 0 Å². The molecule has 0 spiro atoms. The van der Waals surface area contributed by atoms with Crippen molar-refractivity contribution in [3.63, 3.8) is 0 Å². The van der Waals surface area contributed by atoms with Gasteiger partial charge in [-0.05, 0) is 17.9 Å². The molecule has 1 atom stereocenters. The number of nitrogen functional groups attached to an aromatic ring is 1. The Morgan fingerprint density at radius 1 is 1.22 bits per heavy atom. The number of nitrogens with one attached hydrogen (secondary N) is 1. The molecule has 0 amide bonds. The van der Waals surface area contributed by atoms with Crippen LogP contribution < -0.4 is 11.1 Å². The maximum Gasteiger partial charge on any atom is 0.131 e. The Hall–Kier alpha value is -2.10. The van der Waals surface area contributed by atoms with E-state index >= 15 is 0 Å². The van der Waals surface area contributed by atoms with Gasteiger partial charge in [-0.15, -0.1) is 0 Å². The normalized spacial score (nSPS) is 12.1. The Kier molecular flexibility index (Phi) is 4.12. The highest BCUT2D eigenvalue weighted by atomic mass is 15.0. The first kappa shape index (κ1) is 12.4. The molecule has 0 aliphatic heterocycles. The number of hydrogen-bond acceptors (Lipinski definition) is 4. The number of anilines is 2. The predicted molar refractivity (Wildman–Crippen MR) is 74.4 cm³/mol. The Labute approximate surface area is 107 Å². The molecule has 4 nitrogen and oxygen atoms in total. The van der Waals surface area contributed by atoms with E-state index < -0.39 is 0 Å². The number of nitrogens with two attached hydrogens (primary N) is 1. The van der Waals surface area contributed by atoms with E-state index in [1.54, 1.807) is 6.07 Å². The van der Waals surface area contributed by atoms with E-state index in [1.165, 1.54) is 11.9 Å². The highest BCUT2D eigenvalue weighted by Crippen LogP contribution is 2.18. The fourth-order valence-electron chi connectivity index (χ4n) is 1.83. The van der Waals surface area contributed by atoms with Crippen LogP contribution in [0.5, 0.6) is 0 Å². The Bertz CT molecular complexity index is 484. The lowest BCUT2D eigenvalue weighted by Gasteiger charge is -2.12. The number of hydrogen-bond donors (Lipinski definition) is 2. The third-order valence-electron chi connectivity index (χ3n) is 2.94. The molecule has 0 aliphatic rings. The van der Waals surface area contributed by atoms with Crippen LogP contribution in [0.2, 0.25) is 0 Å². The van der Waals surface area contributed by atoms with Gasteiger partial charge in [-0.1, -0.05) is 37.3 Å². The fourth-order valence-corrected chi connectivity index (χ4v) is 1.83. The van der Waals surface area contributed by atoms with Gasteiger partial charge in [0.25, 0.3) is 0 Å². The molecule has 1 aromatic heterocycles. The van der Waals surface area contributed by atoms with Gasteiger partial charge in [-0.25, -0.2) is 9.97 Å². The molecule has 0 fully saturated rings. The van der Waals surface area contributed by atoms with Gasteiger partial charge in [0.15, 0.2) is 0 Å². The molecule has 0 bridgehead atoms. The van der Waals surface area contributed by atoms with Gasteiger partial charge in [0.05, 0.1) is 0 Å². The lowest BCUT2D eigenvalue weighted by Crippen LogP contribution is -2.07. The van der Waals surface area contributed by atoms with Crippen LogP contribution in [-0.2, 0) is 0 Å². The van der Waals surface area contributed by atoms with Crippen molar-refractivity contribution < 1.29 is 0 Å². The van der Waals surface area contributed by atoms with Crippen molar-refractivity contribution in [3.8, 4) is 0 Å². The van der Waals surface area contributed by atoms with Gasteiger partial charge in [-0.3, -0.25) is 0 Å². The monoisotopic (exact) mass is 242 g/mol. The lowest BCUT2D eigenvalue weighted by molar-refractivity contribution is 0.705. The second-order valence-electron chi connectivity index (χ2n) is 4.36. The minimum absolute atomic E-state index is 0.489. The highest BCUT2D eigenvalue weighted by molar-refractivity contribution is 5.43. The fraction of sp³-hybridized carbons (Fsp3) is 0.286.